The van der Waals surface area contributed by atoms with Crippen molar-refractivity contribution < 1.29 is 51.7 Å². The minimum Gasteiger partial charge on any atom is -0.453 e. The van der Waals surface area contributed by atoms with Gasteiger partial charge in [-0.15, -0.1) is 0 Å². The Morgan fingerprint density at radius 1 is 1.00 bits per heavy atom. The molecule has 1 unspecified atom stereocenters. The van der Waals surface area contributed by atoms with Crippen molar-refractivity contribution in [3.05, 3.63) is 35.9 Å². The maximum absolute atomic E-state index is 12.8. The van der Waals surface area contributed by atoms with E-state index in [0.717, 1.165) is 13.8 Å². The minimum atomic E-state index is -3.66. The summed E-state index contributed by atoms with van der Waals surface area (Å²) in [6, 6.07) is 8.05. The van der Waals surface area contributed by atoms with Crippen molar-refractivity contribution in [2.24, 2.45) is 0 Å². The number of ether oxygens (including phenoxy) is 5. The van der Waals surface area contributed by atoms with Gasteiger partial charge >= 0.3 is 25.5 Å². The summed E-state index contributed by atoms with van der Waals surface area (Å²) < 4.78 is 50.5. The highest BCUT2D eigenvalue weighted by atomic mass is 31.2. The van der Waals surface area contributed by atoms with Crippen LogP contribution in [0.25, 0.3) is 0 Å². The normalized spacial score (nSPS) is 24.8. The molecule has 1 aliphatic rings. The third kappa shape index (κ3) is 7.09. The van der Waals surface area contributed by atoms with E-state index < -0.39 is 56.1 Å². The van der Waals surface area contributed by atoms with E-state index in [1.807, 2.05) is 0 Å². The lowest BCUT2D eigenvalue weighted by molar-refractivity contribution is -0.226. The third-order valence-corrected chi connectivity index (χ3v) is 6.24. The highest BCUT2D eigenvalue weighted by Gasteiger charge is 2.62. The van der Waals surface area contributed by atoms with Crippen molar-refractivity contribution >= 4 is 25.5 Å². The Hall–Kier alpha value is -2.30. The molecule has 0 bridgehead atoms. The fourth-order valence-electron chi connectivity index (χ4n) is 3.12. The molecule has 12 heteroatoms. The molecule has 0 aromatic heterocycles. The van der Waals surface area contributed by atoms with Crippen LogP contribution in [0.2, 0.25) is 0 Å². The van der Waals surface area contributed by atoms with Gasteiger partial charge < -0.3 is 32.7 Å². The van der Waals surface area contributed by atoms with Gasteiger partial charge in [-0.1, -0.05) is 18.2 Å². The average molecular weight is 488 g/mol. The van der Waals surface area contributed by atoms with Crippen molar-refractivity contribution in [3.8, 4) is 0 Å². The van der Waals surface area contributed by atoms with Crippen LogP contribution in [0.4, 0.5) is 0 Å². The predicted molar refractivity (Wildman–Crippen MR) is 113 cm³/mol. The quantitative estimate of drug-likeness (QED) is 0.258. The minimum absolute atomic E-state index is 0.0992. The largest absolute Gasteiger partial charge is 0.453 e. The first kappa shape index (κ1) is 26.9. The predicted octanol–water partition coefficient (Wildman–Crippen LogP) is 3.02. The van der Waals surface area contributed by atoms with E-state index in [4.69, 9.17) is 32.7 Å². The van der Waals surface area contributed by atoms with Crippen LogP contribution in [0, 0.1) is 0 Å². The summed E-state index contributed by atoms with van der Waals surface area (Å²) in [4.78, 5) is 36.3. The van der Waals surface area contributed by atoms with Gasteiger partial charge in [-0.25, -0.2) is 4.79 Å². The van der Waals surface area contributed by atoms with Gasteiger partial charge in [0.25, 0.3) is 0 Å². The molecule has 184 valence electrons. The van der Waals surface area contributed by atoms with Crippen molar-refractivity contribution in [1.29, 1.82) is 0 Å². The number of carbonyl (C=O) groups is 3. The molecule has 0 spiro atoms. The lowest BCUT2D eigenvalue weighted by Crippen LogP contribution is -2.52. The summed E-state index contributed by atoms with van der Waals surface area (Å²) >= 11 is 0. The number of rotatable bonds is 11. The number of esters is 3. The zero-order valence-corrected chi connectivity index (χ0v) is 20.1. The summed E-state index contributed by atoms with van der Waals surface area (Å²) in [5.41, 5.74) is -1.58. The molecule has 0 N–H and O–H groups in total. The fraction of sp³-hybridized carbons (Fsp3) is 0.571. The molecule has 1 fully saturated rings. The summed E-state index contributed by atoms with van der Waals surface area (Å²) in [5, 5.41) is 0. The van der Waals surface area contributed by atoms with E-state index in [1.165, 1.54) is 19.1 Å². The zero-order chi connectivity index (χ0) is 24.6. The Kier molecular flexibility index (Phi) is 9.57. The van der Waals surface area contributed by atoms with Crippen LogP contribution in [-0.2, 0) is 46.9 Å². The fourth-order valence-corrected chi connectivity index (χ4v) is 4.46. The van der Waals surface area contributed by atoms with Gasteiger partial charge in [-0.2, -0.15) is 0 Å². The van der Waals surface area contributed by atoms with Crippen LogP contribution < -0.4 is 0 Å². The van der Waals surface area contributed by atoms with Crippen LogP contribution in [0.1, 0.15) is 45.0 Å². The van der Waals surface area contributed by atoms with Gasteiger partial charge in [0.15, 0.2) is 12.5 Å². The zero-order valence-electron chi connectivity index (χ0n) is 19.2. The van der Waals surface area contributed by atoms with Gasteiger partial charge in [0.05, 0.1) is 18.8 Å². The van der Waals surface area contributed by atoms with Crippen LogP contribution in [-0.4, -0.2) is 61.8 Å². The molecular weight excluding hydrogens is 459 g/mol. The molecule has 0 radical (unpaired) electrons. The topological polar surface area (TPSA) is 133 Å². The van der Waals surface area contributed by atoms with Gasteiger partial charge in [0.2, 0.25) is 18.2 Å². The number of hydrogen-bond acceptors (Lipinski definition) is 11. The second kappa shape index (κ2) is 11.7. The van der Waals surface area contributed by atoms with Crippen molar-refractivity contribution in [2.75, 3.05) is 19.6 Å². The Morgan fingerprint density at radius 3 is 2.09 bits per heavy atom. The van der Waals surface area contributed by atoms with E-state index in [9.17, 15) is 18.9 Å². The van der Waals surface area contributed by atoms with E-state index in [-0.39, 0.29) is 18.8 Å². The first-order valence-corrected chi connectivity index (χ1v) is 12.1. The molecule has 0 saturated carbocycles. The molecule has 2 rings (SSSR count). The molecule has 0 amide bonds. The molecule has 1 aromatic rings. The maximum Gasteiger partial charge on any atom is 0.356 e. The molecule has 1 aromatic carbocycles. The second-order valence-corrected chi connectivity index (χ2v) is 9.15. The van der Waals surface area contributed by atoms with E-state index >= 15 is 0 Å². The van der Waals surface area contributed by atoms with Gasteiger partial charge in [-0.3, -0.25) is 14.2 Å². The van der Waals surface area contributed by atoms with Gasteiger partial charge in [0, 0.05) is 13.8 Å². The molecule has 1 aliphatic heterocycles. The monoisotopic (exact) mass is 488 g/mol. The van der Waals surface area contributed by atoms with E-state index in [1.54, 1.807) is 32.0 Å². The lowest BCUT2D eigenvalue weighted by atomic mass is 9.99. The molecule has 11 nitrogen and oxygen atoms in total. The van der Waals surface area contributed by atoms with Crippen LogP contribution in [0.15, 0.2) is 30.3 Å². The summed E-state index contributed by atoms with van der Waals surface area (Å²) in [5.74, 6) is -2.25. The molecule has 0 aliphatic carbocycles. The SMILES string of the molecule is CCOP(=O)(CO[C@H]1O[C@H](OC(C)=O)[C@](C)(OC(=O)c2ccccc2)C1OC(C)=O)OCC. The molecular formula is C21H29O11P. The molecule has 33 heavy (non-hydrogen) atoms. The Balaban J connectivity index is 2.35. The third-order valence-electron chi connectivity index (χ3n) is 4.47. The van der Waals surface area contributed by atoms with Crippen LogP contribution in [0.3, 0.4) is 0 Å². The number of benzene rings is 1. The molecule has 1 saturated heterocycles. The standard InChI is InChI=1S/C21H29O11P/c1-6-27-33(25,28-7-2)13-26-19-17(29-14(3)22)21(5,20(31-19)30-15(4)23)32-18(24)16-11-9-8-10-12-16/h8-12,17,19-20H,6-7,13H2,1-5H3/t17?,19-,20-,21+/m0/s1. The van der Waals surface area contributed by atoms with Crippen LogP contribution >= 0.6 is 7.60 Å². The Morgan fingerprint density at radius 2 is 1.58 bits per heavy atom. The maximum atomic E-state index is 12.8. The molecule has 1 heterocycles. The highest BCUT2D eigenvalue weighted by Crippen LogP contribution is 2.49. The lowest BCUT2D eigenvalue weighted by Gasteiger charge is -2.33. The average Bonchev–Trinajstić information content (AvgIpc) is 2.98. The Labute approximate surface area is 192 Å². The van der Waals surface area contributed by atoms with Crippen molar-refractivity contribution in [3.63, 3.8) is 0 Å². The summed E-state index contributed by atoms with van der Waals surface area (Å²) in [6.07, 6.45) is -4.83. The van der Waals surface area contributed by atoms with E-state index in [2.05, 4.69) is 0 Å². The van der Waals surface area contributed by atoms with Gasteiger partial charge in [0.1, 0.15) is 0 Å². The smallest absolute Gasteiger partial charge is 0.356 e. The number of carbonyl (C=O) groups excluding carboxylic acids is 3. The van der Waals surface area contributed by atoms with E-state index in [0.29, 0.717) is 0 Å². The van der Waals surface area contributed by atoms with Crippen molar-refractivity contribution in [2.45, 2.75) is 58.9 Å². The summed E-state index contributed by atoms with van der Waals surface area (Å²) in [6.45, 7) is 7.12. The van der Waals surface area contributed by atoms with Crippen LogP contribution in [0.5, 0.6) is 0 Å². The molecule has 4 atom stereocenters. The first-order chi connectivity index (χ1) is 15.5. The van der Waals surface area contributed by atoms with Gasteiger partial charge in [-0.05, 0) is 32.9 Å². The Bertz CT molecular complexity index is 864. The highest BCUT2D eigenvalue weighted by molar-refractivity contribution is 7.53. The summed E-state index contributed by atoms with van der Waals surface area (Å²) in [7, 11) is -3.66. The van der Waals surface area contributed by atoms with Crippen molar-refractivity contribution in [1.82, 2.24) is 0 Å². The number of hydrogen-bond donors (Lipinski definition) is 0. The second-order valence-electron chi connectivity index (χ2n) is 7.16. The first-order valence-electron chi connectivity index (χ1n) is 10.3.